The number of benzene rings is 2. The molecule has 0 aliphatic carbocycles. The Morgan fingerprint density at radius 1 is 0.677 bits per heavy atom. The van der Waals surface area contributed by atoms with Gasteiger partial charge in [0.2, 0.25) is 23.0 Å². The first-order valence-electron chi connectivity index (χ1n) is 9.37. The molecule has 0 amide bonds. The van der Waals surface area contributed by atoms with Crippen molar-refractivity contribution in [3.05, 3.63) is 23.3 Å². The molecule has 0 fully saturated rings. The summed E-state index contributed by atoms with van der Waals surface area (Å²) in [5.74, 6) is 1.84. The zero-order valence-corrected chi connectivity index (χ0v) is 18.6. The Kier molecular flexibility index (Phi) is 6.53. The van der Waals surface area contributed by atoms with Crippen LogP contribution in [-0.2, 0) is 0 Å². The maximum atomic E-state index is 13.6. The average Bonchev–Trinajstić information content (AvgIpc) is 2.81. The number of carbonyl (C=O) groups excluding carboxylic acids is 1. The van der Waals surface area contributed by atoms with E-state index in [0.717, 1.165) is 0 Å². The molecule has 1 atom stereocenters. The lowest BCUT2D eigenvalue weighted by Crippen LogP contribution is -2.27. The minimum atomic E-state index is -0.695. The Morgan fingerprint density at radius 3 is 1.71 bits per heavy atom. The molecule has 0 aromatic heterocycles. The second-order valence-corrected chi connectivity index (χ2v) is 6.52. The van der Waals surface area contributed by atoms with E-state index in [2.05, 4.69) is 0 Å². The van der Waals surface area contributed by atoms with Crippen molar-refractivity contribution in [2.75, 3.05) is 56.4 Å². The van der Waals surface area contributed by atoms with Gasteiger partial charge in [0.25, 0.3) is 0 Å². The molecule has 0 bridgehead atoms. The Hall–Kier alpha value is -3.49. The fourth-order valence-corrected chi connectivity index (χ4v) is 3.74. The third-order valence-electron chi connectivity index (χ3n) is 5.15. The van der Waals surface area contributed by atoms with Crippen LogP contribution in [0.1, 0.15) is 21.8 Å². The van der Waals surface area contributed by atoms with Gasteiger partial charge in [0.05, 0.1) is 61.2 Å². The van der Waals surface area contributed by atoms with Gasteiger partial charge in [-0.05, 0) is 12.1 Å². The Labute approximate surface area is 180 Å². The summed E-state index contributed by atoms with van der Waals surface area (Å²) in [6.45, 7) is 0.0483. The number of fused-ring (bicyclic) bond motifs is 1. The third kappa shape index (κ3) is 3.49. The highest BCUT2D eigenvalue weighted by atomic mass is 16.6. The van der Waals surface area contributed by atoms with Gasteiger partial charge < -0.3 is 37.9 Å². The quantitative estimate of drug-likeness (QED) is 0.621. The summed E-state index contributed by atoms with van der Waals surface area (Å²) >= 11 is 0. The number of Topliss-reactive ketones (excluding diaryl/α,β-unsaturated/α-hetero) is 1. The van der Waals surface area contributed by atoms with Crippen LogP contribution in [0.3, 0.4) is 0 Å². The number of ketones is 1. The lowest BCUT2D eigenvalue weighted by molar-refractivity contribution is 0.0888. The first-order valence-corrected chi connectivity index (χ1v) is 9.37. The molecule has 0 N–H and O–H groups in total. The minimum Gasteiger partial charge on any atom is -0.493 e. The number of hydrogen-bond donors (Lipinski definition) is 0. The number of ether oxygens (including phenoxy) is 8. The molecule has 0 radical (unpaired) electrons. The van der Waals surface area contributed by atoms with Crippen molar-refractivity contribution >= 4 is 5.78 Å². The van der Waals surface area contributed by atoms with Gasteiger partial charge in [-0.25, -0.2) is 0 Å². The van der Waals surface area contributed by atoms with E-state index in [4.69, 9.17) is 37.9 Å². The van der Waals surface area contributed by atoms with Crippen LogP contribution < -0.4 is 37.9 Å². The van der Waals surface area contributed by atoms with Crippen molar-refractivity contribution in [1.29, 1.82) is 0 Å². The molecule has 0 spiro atoms. The maximum Gasteiger partial charge on any atom is 0.208 e. The molecule has 3 rings (SSSR count). The molecule has 0 unspecified atom stereocenters. The van der Waals surface area contributed by atoms with E-state index >= 15 is 0 Å². The van der Waals surface area contributed by atoms with Crippen molar-refractivity contribution in [3.63, 3.8) is 0 Å². The molecule has 0 saturated heterocycles. The molecule has 1 heterocycles. The van der Waals surface area contributed by atoms with Gasteiger partial charge in [0.1, 0.15) is 6.61 Å². The maximum absolute atomic E-state index is 13.6. The number of hydrogen-bond acceptors (Lipinski definition) is 9. The molecule has 2 aromatic rings. The zero-order chi connectivity index (χ0) is 22.7. The van der Waals surface area contributed by atoms with Crippen LogP contribution in [0.2, 0.25) is 0 Å². The molecule has 1 aliphatic heterocycles. The largest absolute Gasteiger partial charge is 0.493 e. The first kappa shape index (κ1) is 22.2. The molecular weight excluding hydrogens is 408 g/mol. The molecule has 0 saturated carbocycles. The summed E-state index contributed by atoms with van der Waals surface area (Å²) in [6, 6.07) is 3.27. The predicted octanol–water partition coefficient (Wildman–Crippen LogP) is 3.11. The van der Waals surface area contributed by atoms with E-state index in [-0.39, 0.29) is 12.4 Å². The molecular formula is C22H26O9. The highest BCUT2D eigenvalue weighted by Gasteiger charge is 2.38. The average molecular weight is 434 g/mol. The number of carbonyl (C=O) groups is 1. The minimum absolute atomic E-state index is 0.0483. The van der Waals surface area contributed by atoms with Gasteiger partial charge in [-0.1, -0.05) is 0 Å². The van der Waals surface area contributed by atoms with E-state index in [1.807, 2.05) is 0 Å². The van der Waals surface area contributed by atoms with Crippen LogP contribution in [0.15, 0.2) is 12.1 Å². The normalized spacial score (nSPS) is 14.8. The van der Waals surface area contributed by atoms with Crippen molar-refractivity contribution in [1.82, 2.24) is 0 Å². The van der Waals surface area contributed by atoms with Crippen molar-refractivity contribution in [2.24, 2.45) is 0 Å². The summed E-state index contributed by atoms with van der Waals surface area (Å²) < 4.78 is 44.2. The summed E-state index contributed by atoms with van der Waals surface area (Å²) in [5.41, 5.74) is 0.850. The monoisotopic (exact) mass is 434 g/mol. The molecule has 168 valence electrons. The lowest BCUT2D eigenvalue weighted by atomic mass is 9.87. The van der Waals surface area contributed by atoms with Gasteiger partial charge in [-0.15, -0.1) is 0 Å². The summed E-state index contributed by atoms with van der Waals surface area (Å²) in [4.78, 5) is 13.6. The zero-order valence-electron chi connectivity index (χ0n) is 18.6. The van der Waals surface area contributed by atoms with E-state index in [1.54, 1.807) is 12.1 Å². The standard InChI is InChI=1S/C22H26O9/c1-24-14-8-11(17(26-3)21(29-6)19(14)27-4)13-10-31-18-12(16(13)23)9-15(25-2)20(28-5)22(18)30-7/h8-9,13H,10H2,1-7H3/t13-/m1/s1. The van der Waals surface area contributed by atoms with E-state index < -0.39 is 5.92 Å². The SMILES string of the molecule is COc1cc2c(c(OC)c1OC)OC[C@H](c1cc(OC)c(OC)c(OC)c1OC)C2=O. The van der Waals surface area contributed by atoms with Crippen LogP contribution >= 0.6 is 0 Å². The Balaban J connectivity index is 2.20. The van der Waals surface area contributed by atoms with Crippen molar-refractivity contribution in [3.8, 4) is 46.0 Å². The van der Waals surface area contributed by atoms with Gasteiger partial charge >= 0.3 is 0 Å². The smallest absolute Gasteiger partial charge is 0.208 e. The molecule has 9 nitrogen and oxygen atoms in total. The van der Waals surface area contributed by atoms with Crippen molar-refractivity contribution in [2.45, 2.75) is 5.92 Å². The fourth-order valence-electron chi connectivity index (χ4n) is 3.74. The second kappa shape index (κ2) is 9.11. The summed E-state index contributed by atoms with van der Waals surface area (Å²) in [6.07, 6.45) is 0. The van der Waals surface area contributed by atoms with Gasteiger partial charge in [-0.3, -0.25) is 4.79 Å². The fraction of sp³-hybridized carbons (Fsp3) is 0.409. The molecule has 31 heavy (non-hydrogen) atoms. The summed E-state index contributed by atoms with van der Waals surface area (Å²) in [7, 11) is 10.4. The van der Waals surface area contributed by atoms with Crippen LogP contribution in [0.5, 0.6) is 46.0 Å². The Bertz CT molecular complexity index is 984. The number of methoxy groups -OCH3 is 7. The van der Waals surface area contributed by atoms with Gasteiger partial charge in [-0.2, -0.15) is 0 Å². The topological polar surface area (TPSA) is 90.9 Å². The van der Waals surface area contributed by atoms with E-state index in [9.17, 15) is 4.79 Å². The van der Waals surface area contributed by atoms with Crippen LogP contribution in [0.25, 0.3) is 0 Å². The van der Waals surface area contributed by atoms with E-state index in [1.165, 1.54) is 49.8 Å². The predicted molar refractivity (Wildman–Crippen MR) is 111 cm³/mol. The molecule has 1 aliphatic rings. The first-order chi connectivity index (χ1) is 15.0. The van der Waals surface area contributed by atoms with Gasteiger partial charge in [0.15, 0.2) is 28.8 Å². The third-order valence-corrected chi connectivity index (χ3v) is 5.15. The van der Waals surface area contributed by atoms with Gasteiger partial charge in [0, 0.05) is 5.56 Å². The summed E-state index contributed by atoms with van der Waals surface area (Å²) in [5, 5.41) is 0. The second-order valence-electron chi connectivity index (χ2n) is 6.52. The highest BCUT2D eigenvalue weighted by molar-refractivity contribution is 6.06. The lowest BCUT2D eigenvalue weighted by Gasteiger charge is -2.29. The van der Waals surface area contributed by atoms with Crippen LogP contribution in [0.4, 0.5) is 0 Å². The Morgan fingerprint density at radius 2 is 1.19 bits per heavy atom. The highest BCUT2D eigenvalue weighted by Crippen LogP contribution is 2.53. The van der Waals surface area contributed by atoms with Crippen LogP contribution in [-0.4, -0.2) is 62.2 Å². The van der Waals surface area contributed by atoms with E-state index in [0.29, 0.717) is 57.1 Å². The van der Waals surface area contributed by atoms with Crippen molar-refractivity contribution < 1.29 is 42.7 Å². The molecule has 9 heteroatoms. The molecule has 2 aromatic carbocycles. The number of rotatable bonds is 8. The van der Waals surface area contributed by atoms with Crippen LogP contribution in [0, 0.1) is 0 Å².